The van der Waals surface area contributed by atoms with Gasteiger partial charge < -0.3 is 14.8 Å². The summed E-state index contributed by atoms with van der Waals surface area (Å²) >= 11 is 5.88. The first-order valence-electron chi connectivity index (χ1n) is 8.12. The van der Waals surface area contributed by atoms with Crippen molar-refractivity contribution in [2.24, 2.45) is 0 Å². The number of imide groups is 1. The van der Waals surface area contributed by atoms with Gasteiger partial charge in [0.05, 0.1) is 25.3 Å². The Morgan fingerprint density at radius 3 is 2.41 bits per heavy atom. The molecule has 0 saturated heterocycles. The van der Waals surface area contributed by atoms with Crippen molar-refractivity contribution in [3.63, 3.8) is 0 Å². The molecule has 3 rings (SSSR count). The lowest BCUT2D eigenvalue weighted by Gasteiger charge is -2.14. The van der Waals surface area contributed by atoms with Crippen LogP contribution in [0.1, 0.15) is 27.1 Å². The zero-order valence-electron chi connectivity index (χ0n) is 14.7. The third kappa shape index (κ3) is 3.73. The number of benzene rings is 2. The Hall–Kier alpha value is -3.06. The van der Waals surface area contributed by atoms with Crippen LogP contribution in [0, 0.1) is 0 Å². The van der Waals surface area contributed by atoms with Gasteiger partial charge in [-0.2, -0.15) is 0 Å². The first-order chi connectivity index (χ1) is 12.9. The standard InChI is InChI=1S/C19H17ClN2O5/c1-26-15-6-4-12(10-16(15)27-2)21-17(23)7-8-22-18(24)13-5-3-11(20)9-14(13)19(22)25/h3-6,9-10H,7-8H2,1-2H3,(H,21,23). The van der Waals surface area contributed by atoms with E-state index in [1.165, 1.54) is 26.4 Å². The largest absolute Gasteiger partial charge is 0.493 e. The minimum Gasteiger partial charge on any atom is -0.493 e. The summed E-state index contributed by atoms with van der Waals surface area (Å²) in [5.41, 5.74) is 1.07. The molecule has 0 bridgehead atoms. The molecule has 0 radical (unpaired) electrons. The van der Waals surface area contributed by atoms with Crippen LogP contribution in [0.3, 0.4) is 0 Å². The van der Waals surface area contributed by atoms with E-state index >= 15 is 0 Å². The summed E-state index contributed by atoms with van der Waals surface area (Å²) in [6.07, 6.45) is -0.0342. The lowest BCUT2D eigenvalue weighted by atomic mass is 10.1. The van der Waals surface area contributed by atoms with E-state index in [1.807, 2.05) is 0 Å². The van der Waals surface area contributed by atoms with Crippen molar-refractivity contribution in [2.45, 2.75) is 6.42 Å². The summed E-state index contributed by atoms with van der Waals surface area (Å²) in [7, 11) is 3.02. The zero-order chi connectivity index (χ0) is 19.6. The van der Waals surface area contributed by atoms with Crippen LogP contribution in [0.2, 0.25) is 5.02 Å². The van der Waals surface area contributed by atoms with Gasteiger partial charge in [0.2, 0.25) is 5.91 Å². The average molecular weight is 389 g/mol. The Bertz CT molecular complexity index is 928. The van der Waals surface area contributed by atoms with Crippen LogP contribution in [-0.4, -0.2) is 43.4 Å². The van der Waals surface area contributed by atoms with Gasteiger partial charge in [-0.15, -0.1) is 0 Å². The number of methoxy groups -OCH3 is 2. The van der Waals surface area contributed by atoms with Crippen molar-refractivity contribution < 1.29 is 23.9 Å². The van der Waals surface area contributed by atoms with Crippen LogP contribution in [0.4, 0.5) is 5.69 Å². The third-order valence-electron chi connectivity index (χ3n) is 4.16. The molecule has 1 heterocycles. The summed E-state index contributed by atoms with van der Waals surface area (Å²) in [6, 6.07) is 9.49. The number of halogens is 1. The third-order valence-corrected chi connectivity index (χ3v) is 4.40. The quantitative estimate of drug-likeness (QED) is 0.769. The highest BCUT2D eigenvalue weighted by Gasteiger charge is 2.35. The molecule has 0 unspecified atom stereocenters. The fourth-order valence-electron chi connectivity index (χ4n) is 2.82. The lowest BCUT2D eigenvalue weighted by Crippen LogP contribution is -2.32. The summed E-state index contributed by atoms with van der Waals surface area (Å²) in [4.78, 5) is 38.0. The number of carbonyl (C=O) groups excluding carboxylic acids is 3. The van der Waals surface area contributed by atoms with Crippen molar-refractivity contribution in [1.29, 1.82) is 0 Å². The highest BCUT2D eigenvalue weighted by molar-refractivity contribution is 6.32. The summed E-state index contributed by atoms with van der Waals surface area (Å²) in [5.74, 6) is -0.188. The Balaban J connectivity index is 1.63. The number of fused-ring (bicyclic) bond motifs is 1. The topological polar surface area (TPSA) is 84.9 Å². The van der Waals surface area contributed by atoms with Crippen LogP contribution in [0.25, 0.3) is 0 Å². The molecular formula is C19H17ClN2O5. The molecule has 2 aromatic rings. The second-order valence-corrected chi connectivity index (χ2v) is 6.26. The number of hydrogen-bond donors (Lipinski definition) is 1. The summed E-state index contributed by atoms with van der Waals surface area (Å²) in [5, 5.41) is 3.08. The molecule has 8 heteroatoms. The summed E-state index contributed by atoms with van der Waals surface area (Å²) < 4.78 is 10.3. The van der Waals surface area contributed by atoms with E-state index in [-0.39, 0.29) is 24.4 Å². The molecule has 1 aliphatic heterocycles. The number of carbonyl (C=O) groups is 3. The van der Waals surface area contributed by atoms with Crippen molar-refractivity contribution in [1.82, 2.24) is 4.90 Å². The van der Waals surface area contributed by atoms with Crippen molar-refractivity contribution in [3.05, 3.63) is 52.5 Å². The van der Waals surface area contributed by atoms with Crippen molar-refractivity contribution in [3.8, 4) is 11.5 Å². The minimum absolute atomic E-state index is 0.0247. The van der Waals surface area contributed by atoms with Crippen LogP contribution in [-0.2, 0) is 4.79 Å². The fourth-order valence-corrected chi connectivity index (χ4v) is 2.99. The molecule has 0 aliphatic carbocycles. The molecule has 3 amide bonds. The van der Waals surface area contributed by atoms with Crippen LogP contribution < -0.4 is 14.8 Å². The van der Waals surface area contributed by atoms with Gasteiger partial charge in [0.25, 0.3) is 11.8 Å². The van der Waals surface area contributed by atoms with Gasteiger partial charge in [0.1, 0.15) is 0 Å². The number of hydrogen-bond acceptors (Lipinski definition) is 5. The van der Waals surface area contributed by atoms with E-state index < -0.39 is 11.8 Å². The predicted molar refractivity (Wildman–Crippen MR) is 99.6 cm³/mol. The molecule has 0 fully saturated rings. The predicted octanol–water partition coefficient (Wildman–Crippen LogP) is 2.98. The molecule has 0 aromatic heterocycles. The first-order valence-corrected chi connectivity index (χ1v) is 8.50. The fraction of sp³-hybridized carbons (Fsp3) is 0.211. The van der Waals surface area contributed by atoms with Crippen molar-refractivity contribution in [2.75, 3.05) is 26.1 Å². The van der Waals surface area contributed by atoms with E-state index in [2.05, 4.69) is 5.32 Å². The maximum absolute atomic E-state index is 12.4. The molecule has 0 spiro atoms. The molecule has 1 aliphatic rings. The molecule has 140 valence electrons. The van der Waals surface area contributed by atoms with E-state index in [4.69, 9.17) is 21.1 Å². The summed E-state index contributed by atoms with van der Waals surface area (Å²) in [6.45, 7) is -0.0247. The average Bonchev–Trinajstić information content (AvgIpc) is 2.89. The molecule has 2 aromatic carbocycles. The van der Waals surface area contributed by atoms with Gasteiger partial charge in [-0.05, 0) is 30.3 Å². The Kier molecular flexibility index (Phi) is 5.32. The van der Waals surface area contributed by atoms with Crippen LogP contribution in [0.15, 0.2) is 36.4 Å². The molecule has 0 saturated carbocycles. The smallest absolute Gasteiger partial charge is 0.261 e. The Morgan fingerprint density at radius 1 is 1.00 bits per heavy atom. The van der Waals surface area contributed by atoms with E-state index in [9.17, 15) is 14.4 Å². The Morgan fingerprint density at radius 2 is 1.70 bits per heavy atom. The maximum atomic E-state index is 12.4. The van der Waals surface area contributed by atoms with E-state index in [1.54, 1.807) is 24.3 Å². The Labute approximate surface area is 160 Å². The normalized spacial score (nSPS) is 12.8. The SMILES string of the molecule is COc1ccc(NC(=O)CCN2C(=O)c3ccc(Cl)cc3C2=O)cc1OC. The van der Waals surface area contributed by atoms with Gasteiger partial charge in [-0.25, -0.2) is 0 Å². The highest BCUT2D eigenvalue weighted by Crippen LogP contribution is 2.30. The number of ether oxygens (including phenoxy) is 2. The van der Waals surface area contributed by atoms with Crippen molar-refractivity contribution >= 4 is 35.0 Å². The van der Waals surface area contributed by atoms with Gasteiger partial charge >= 0.3 is 0 Å². The number of nitrogens with zero attached hydrogens (tertiary/aromatic N) is 1. The molecule has 1 N–H and O–H groups in total. The number of rotatable bonds is 6. The number of anilines is 1. The molecule has 27 heavy (non-hydrogen) atoms. The van der Waals surface area contributed by atoms with E-state index in [0.717, 1.165) is 4.90 Å². The molecule has 0 atom stereocenters. The van der Waals surface area contributed by atoms with Gasteiger partial charge in [0, 0.05) is 29.7 Å². The maximum Gasteiger partial charge on any atom is 0.261 e. The zero-order valence-corrected chi connectivity index (χ0v) is 15.5. The van der Waals surface area contributed by atoms with Gasteiger partial charge in [-0.1, -0.05) is 11.6 Å². The van der Waals surface area contributed by atoms with Gasteiger partial charge in [-0.3, -0.25) is 19.3 Å². The minimum atomic E-state index is -0.448. The molecular weight excluding hydrogens is 372 g/mol. The first kappa shape index (κ1) is 18.7. The second-order valence-electron chi connectivity index (χ2n) is 5.82. The number of amides is 3. The molecule has 7 nitrogen and oxygen atoms in total. The van der Waals surface area contributed by atoms with Crippen LogP contribution in [0.5, 0.6) is 11.5 Å². The number of nitrogens with one attached hydrogen (secondary N) is 1. The lowest BCUT2D eigenvalue weighted by molar-refractivity contribution is -0.116. The van der Waals surface area contributed by atoms with Gasteiger partial charge in [0.15, 0.2) is 11.5 Å². The highest BCUT2D eigenvalue weighted by atomic mass is 35.5. The van der Waals surface area contributed by atoms with E-state index in [0.29, 0.717) is 27.8 Å². The van der Waals surface area contributed by atoms with Crippen LogP contribution >= 0.6 is 11.6 Å². The monoisotopic (exact) mass is 388 g/mol. The second kappa shape index (κ2) is 7.67.